The van der Waals surface area contributed by atoms with Crippen LogP contribution in [0, 0.1) is 0 Å². The standard InChI is InChI=1S/C4H9O.H2O.O.Ti/c1-2-3-4-5;;;/h2-4H2,1H3;1H2;;/q-1;;;+2/p-1. The molecule has 0 amide bonds. The van der Waals surface area contributed by atoms with E-state index in [1.165, 1.54) is 0 Å². The Kier molecular flexibility index (Phi) is 5.87. The zero-order chi connectivity index (χ0) is 6.41. The summed E-state index contributed by atoms with van der Waals surface area (Å²) in [6, 6.07) is 0. The Bertz CT molecular complexity index is 73.7. The summed E-state index contributed by atoms with van der Waals surface area (Å²) in [7, 11) is 0. The monoisotopic (exact) mass is 154 g/mol. The average Bonchev–Trinajstić information content (AvgIpc) is 1.66. The van der Waals surface area contributed by atoms with Gasteiger partial charge in [0.2, 0.25) is 0 Å². The first-order valence-corrected chi connectivity index (χ1v) is 4.60. The minimum atomic E-state index is -3.17. The van der Waals surface area contributed by atoms with Crippen molar-refractivity contribution in [3.8, 4) is 0 Å². The fourth-order valence-corrected chi connectivity index (χ4v) is 0.802. The summed E-state index contributed by atoms with van der Waals surface area (Å²) in [4.78, 5) is 0. The van der Waals surface area contributed by atoms with E-state index >= 15 is 0 Å². The van der Waals surface area contributed by atoms with Crippen molar-refractivity contribution < 1.29 is 28.9 Å². The van der Waals surface area contributed by atoms with Crippen molar-refractivity contribution in [3.05, 3.63) is 0 Å². The molecule has 8 heavy (non-hydrogen) atoms. The molecule has 4 heteroatoms. The number of rotatable bonds is 4. The molecule has 0 aliphatic heterocycles. The molecule has 0 aromatic carbocycles. The molecule has 0 aliphatic rings. The predicted molar refractivity (Wildman–Crippen MR) is 23.8 cm³/mol. The van der Waals surface area contributed by atoms with E-state index in [0.29, 0.717) is 6.61 Å². The SMILES string of the molecule is CCCC[O][Ti](=[O])[OH]. The molecule has 48 valence electrons. The molecule has 0 atom stereocenters. The van der Waals surface area contributed by atoms with Crippen LogP contribution in [0.1, 0.15) is 19.8 Å². The summed E-state index contributed by atoms with van der Waals surface area (Å²) in [5.41, 5.74) is 0. The second-order valence-electron chi connectivity index (χ2n) is 1.47. The third kappa shape index (κ3) is 6.43. The van der Waals surface area contributed by atoms with E-state index in [1.54, 1.807) is 0 Å². The van der Waals surface area contributed by atoms with Gasteiger partial charge in [0.1, 0.15) is 0 Å². The van der Waals surface area contributed by atoms with Gasteiger partial charge in [0.05, 0.1) is 0 Å². The van der Waals surface area contributed by atoms with E-state index in [4.69, 9.17) is 3.69 Å². The van der Waals surface area contributed by atoms with Gasteiger partial charge in [0.25, 0.3) is 0 Å². The molecule has 0 unspecified atom stereocenters. The van der Waals surface area contributed by atoms with E-state index in [0.717, 1.165) is 12.8 Å². The van der Waals surface area contributed by atoms with Crippen molar-refractivity contribution in [1.29, 1.82) is 0 Å². The van der Waals surface area contributed by atoms with Crippen molar-refractivity contribution in [2.75, 3.05) is 6.61 Å². The van der Waals surface area contributed by atoms with Gasteiger partial charge in [-0.15, -0.1) is 0 Å². The van der Waals surface area contributed by atoms with Crippen molar-refractivity contribution in [3.63, 3.8) is 0 Å². The molecule has 0 spiro atoms. The predicted octanol–water partition coefficient (Wildman–Crippen LogP) is 0.589. The van der Waals surface area contributed by atoms with Crippen LogP contribution < -0.4 is 0 Å². The van der Waals surface area contributed by atoms with Crippen LogP contribution in [-0.4, -0.2) is 10.3 Å². The van der Waals surface area contributed by atoms with E-state index in [2.05, 4.69) is 3.32 Å². The Balaban J connectivity index is 2.82. The van der Waals surface area contributed by atoms with Crippen molar-refractivity contribution >= 4 is 0 Å². The van der Waals surface area contributed by atoms with Crippen LogP contribution >= 0.6 is 0 Å². The summed E-state index contributed by atoms with van der Waals surface area (Å²) in [6.07, 6.45) is 1.88. The summed E-state index contributed by atoms with van der Waals surface area (Å²) < 4.78 is 22.5. The molecule has 0 saturated heterocycles. The van der Waals surface area contributed by atoms with Gasteiger partial charge in [-0.2, -0.15) is 0 Å². The first kappa shape index (κ1) is 8.43. The van der Waals surface area contributed by atoms with Gasteiger partial charge in [-0.3, -0.25) is 0 Å². The Morgan fingerprint density at radius 2 is 2.38 bits per heavy atom. The van der Waals surface area contributed by atoms with Gasteiger partial charge in [-0.05, 0) is 0 Å². The first-order chi connectivity index (χ1) is 3.77. The number of unbranched alkanes of at least 4 members (excludes halogenated alkanes) is 1. The van der Waals surface area contributed by atoms with Crippen molar-refractivity contribution in [2.24, 2.45) is 0 Å². The molecule has 3 nitrogen and oxygen atoms in total. The minimum absolute atomic E-state index is 0.436. The van der Waals surface area contributed by atoms with E-state index < -0.39 is 18.6 Å². The summed E-state index contributed by atoms with van der Waals surface area (Å²) in [5, 5.41) is 0. The first-order valence-electron chi connectivity index (χ1n) is 2.63. The summed E-state index contributed by atoms with van der Waals surface area (Å²) in [6.45, 7) is 2.44. The molecule has 0 saturated carbocycles. The molecule has 0 aromatic heterocycles. The van der Waals surface area contributed by atoms with Crippen molar-refractivity contribution in [1.82, 2.24) is 0 Å². The molecule has 0 heterocycles. The van der Waals surface area contributed by atoms with Crippen LogP contribution in [0.15, 0.2) is 0 Å². The molecule has 0 radical (unpaired) electrons. The Morgan fingerprint density at radius 1 is 1.75 bits per heavy atom. The van der Waals surface area contributed by atoms with E-state index in [-0.39, 0.29) is 0 Å². The normalized spacial score (nSPS) is 9.25. The Hall–Kier alpha value is 0.434. The van der Waals surface area contributed by atoms with Gasteiger partial charge in [0.15, 0.2) is 0 Å². The molecule has 0 aliphatic carbocycles. The van der Waals surface area contributed by atoms with Gasteiger partial charge in [-0.1, -0.05) is 0 Å². The van der Waals surface area contributed by atoms with Gasteiger partial charge in [0, 0.05) is 0 Å². The van der Waals surface area contributed by atoms with Gasteiger partial charge < -0.3 is 0 Å². The average molecular weight is 154 g/mol. The van der Waals surface area contributed by atoms with E-state index in [1.807, 2.05) is 6.92 Å². The zero-order valence-electron chi connectivity index (χ0n) is 4.89. The second-order valence-corrected chi connectivity index (χ2v) is 2.75. The quantitative estimate of drug-likeness (QED) is 0.476. The zero-order valence-corrected chi connectivity index (χ0v) is 6.45. The van der Waals surface area contributed by atoms with Crippen LogP contribution in [0.4, 0.5) is 0 Å². The van der Waals surface area contributed by atoms with Crippen LogP contribution in [0.2, 0.25) is 0 Å². The molecular weight excluding hydrogens is 144 g/mol. The van der Waals surface area contributed by atoms with Crippen molar-refractivity contribution in [2.45, 2.75) is 19.8 Å². The summed E-state index contributed by atoms with van der Waals surface area (Å²) in [5.74, 6) is 0. The van der Waals surface area contributed by atoms with Crippen LogP contribution in [-0.2, 0) is 25.3 Å². The molecule has 1 N–H and O–H groups in total. The van der Waals surface area contributed by atoms with E-state index in [9.17, 15) is 3.32 Å². The third-order valence-electron chi connectivity index (χ3n) is 0.723. The Labute approximate surface area is 55.8 Å². The molecular formula is C4H10O3Ti. The van der Waals surface area contributed by atoms with Crippen LogP contribution in [0.3, 0.4) is 0 Å². The molecule has 0 bridgehead atoms. The molecule has 0 fully saturated rings. The fourth-order valence-electron chi connectivity index (χ4n) is 0.304. The number of hydrogen-bond acceptors (Lipinski definition) is 2. The second kappa shape index (κ2) is 5.57. The fraction of sp³-hybridized carbons (Fsp3) is 1.00. The molecule has 0 aromatic rings. The topological polar surface area (TPSA) is 46.5 Å². The maximum absolute atomic E-state index is 9.90. The van der Waals surface area contributed by atoms with Crippen LogP contribution in [0.5, 0.6) is 0 Å². The van der Waals surface area contributed by atoms with Crippen LogP contribution in [0.25, 0.3) is 0 Å². The number of hydrogen-bond donors (Lipinski definition) is 1. The molecule has 0 rings (SSSR count). The van der Waals surface area contributed by atoms with Gasteiger partial charge in [-0.25, -0.2) is 0 Å². The van der Waals surface area contributed by atoms with Gasteiger partial charge >= 0.3 is 55.3 Å². The Morgan fingerprint density at radius 3 is 2.75 bits per heavy atom. The summed E-state index contributed by atoms with van der Waals surface area (Å²) >= 11 is -3.17. The maximum atomic E-state index is 9.90. The third-order valence-corrected chi connectivity index (χ3v) is 1.43.